The Bertz CT molecular complexity index is 1160. The number of aromatic hydroxyl groups is 1. The molecule has 4 N–H and O–H groups in total. The van der Waals surface area contributed by atoms with Crippen molar-refractivity contribution in [2.24, 2.45) is 0 Å². The molecular formula is C23H23FN6O2. The normalized spacial score (nSPS) is 16.5. The molecule has 2 aliphatic heterocycles. The standard InChI is InChI=1S/C23H23FN6O2/c24-20-13-26-23(29-22(20)27-16-2-1-3-18(31)12-16)28-17-4-5-21-15(10-17)11-19(32-21)14-30-8-6-25-7-9-30/h1-5,10,12-14,25,31H,6-9,11H2,(H2,26,27,28,29). The number of piperazine rings is 1. The number of allylic oxidation sites excluding steroid dienone is 1. The molecule has 0 atom stereocenters. The number of hydrogen-bond acceptors (Lipinski definition) is 8. The van der Waals surface area contributed by atoms with E-state index >= 15 is 0 Å². The van der Waals surface area contributed by atoms with Crippen LogP contribution in [0.3, 0.4) is 0 Å². The number of ether oxygens (including phenoxy) is 1. The molecule has 1 fully saturated rings. The van der Waals surface area contributed by atoms with Crippen LogP contribution in [0.2, 0.25) is 0 Å². The zero-order valence-electron chi connectivity index (χ0n) is 17.3. The minimum atomic E-state index is -0.594. The van der Waals surface area contributed by atoms with E-state index in [0.717, 1.165) is 55.1 Å². The molecule has 1 aromatic heterocycles. The second-order valence-corrected chi connectivity index (χ2v) is 7.67. The first-order chi connectivity index (χ1) is 15.6. The molecule has 1 saturated heterocycles. The lowest BCUT2D eigenvalue weighted by molar-refractivity contribution is 0.308. The van der Waals surface area contributed by atoms with Gasteiger partial charge in [0.1, 0.15) is 17.3 Å². The molecule has 0 amide bonds. The van der Waals surface area contributed by atoms with Gasteiger partial charge in [-0.1, -0.05) is 6.07 Å². The van der Waals surface area contributed by atoms with Gasteiger partial charge in [0.15, 0.2) is 11.6 Å². The fourth-order valence-corrected chi connectivity index (χ4v) is 3.71. The molecule has 0 spiro atoms. The highest BCUT2D eigenvalue weighted by molar-refractivity contribution is 5.62. The maximum absolute atomic E-state index is 14.2. The summed E-state index contributed by atoms with van der Waals surface area (Å²) in [4.78, 5) is 10.5. The molecule has 32 heavy (non-hydrogen) atoms. The Labute approximate surface area is 184 Å². The smallest absolute Gasteiger partial charge is 0.229 e. The van der Waals surface area contributed by atoms with Gasteiger partial charge in [0.2, 0.25) is 5.95 Å². The van der Waals surface area contributed by atoms with E-state index in [4.69, 9.17) is 4.74 Å². The van der Waals surface area contributed by atoms with E-state index in [-0.39, 0.29) is 17.5 Å². The van der Waals surface area contributed by atoms with Crippen LogP contribution in [0.25, 0.3) is 0 Å². The molecule has 9 heteroatoms. The topological polar surface area (TPSA) is 94.6 Å². The summed E-state index contributed by atoms with van der Waals surface area (Å²) in [7, 11) is 0. The molecule has 5 rings (SSSR count). The summed E-state index contributed by atoms with van der Waals surface area (Å²) in [6, 6.07) is 12.2. The fraction of sp³-hybridized carbons (Fsp3) is 0.217. The number of hydrogen-bond donors (Lipinski definition) is 4. The quantitative estimate of drug-likeness (QED) is 0.485. The number of rotatable bonds is 5. The number of halogens is 1. The van der Waals surface area contributed by atoms with Crippen LogP contribution in [0, 0.1) is 5.82 Å². The largest absolute Gasteiger partial charge is 0.508 e. The van der Waals surface area contributed by atoms with Crippen molar-refractivity contribution in [3.8, 4) is 11.5 Å². The van der Waals surface area contributed by atoms with Crippen molar-refractivity contribution in [3.63, 3.8) is 0 Å². The molecule has 0 saturated carbocycles. The highest BCUT2D eigenvalue weighted by Gasteiger charge is 2.19. The van der Waals surface area contributed by atoms with Gasteiger partial charge < -0.3 is 30.7 Å². The maximum Gasteiger partial charge on any atom is 0.229 e. The SMILES string of the molecule is Oc1cccc(Nc2nc(Nc3ccc4c(c3)CC(=CN3CCNCC3)O4)ncc2F)c1. The van der Waals surface area contributed by atoms with E-state index in [1.54, 1.807) is 12.1 Å². The highest BCUT2D eigenvalue weighted by Crippen LogP contribution is 2.34. The molecule has 0 radical (unpaired) electrons. The molecule has 2 aromatic carbocycles. The number of benzene rings is 2. The van der Waals surface area contributed by atoms with Crippen LogP contribution in [0.15, 0.2) is 60.6 Å². The van der Waals surface area contributed by atoms with E-state index in [1.807, 2.05) is 18.2 Å². The monoisotopic (exact) mass is 434 g/mol. The number of fused-ring (bicyclic) bond motifs is 1. The average molecular weight is 434 g/mol. The predicted molar refractivity (Wildman–Crippen MR) is 120 cm³/mol. The van der Waals surface area contributed by atoms with Crippen molar-refractivity contribution in [2.45, 2.75) is 6.42 Å². The molecule has 3 aromatic rings. The molecule has 2 aliphatic rings. The van der Waals surface area contributed by atoms with Crippen molar-refractivity contribution >= 4 is 23.1 Å². The van der Waals surface area contributed by atoms with Gasteiger partial charge in [-0.15, -0.1) is 0 Å². The second kappa shape index (κ2) is 8.72. The lowest BCUT2D eigenvalue weighted by Gasteiger charge is -2.26. The lowest BCUT2D eigenvalue weighted by Crippen LogP contribution is -2.40. The molecule has 164 valence electrons. The van der Waals surface area contributed by atoms with Crippen LogP contribution in [-0.4, -0.2) is 46.2 Å². The third-order valence-electron chi connectivity index (χ3n) is 5.25. The first-order valence-corrected chi connectivity index (χ1v) is 10.4. The molecule has 0 aliphatic carbocycles. The van der Waals surface area contributed by atoms with Crippen LogP contribution < -0.4 is 20.7 Å². The van der Waals surface area contributed by atoms with Gasteiger partial charge >= 0.3 is 0 Å². The highest BCUT2D eigenvalue weighted by atomic mass is 19.1. The van der Waals surface area contributed by atoms with Crippen LogP contribution in [-0.2, 0) is 6.42 Å². The Morgan fingerprint density at radius 1 is 1.09 bits per heavy atom. The van der Waals surface area contributed by atoms with Crippen LogP contribution >= 0.6 is 0 Å². The molecular weight excluding hydrogens is 411 g/mol. The predicted octanol–water partition coefficient (Wildman–Crippen LogP) is 3.49. The zero-order chi connectivity index (χ0) is 21.9. The molecule has 0 unspecified atom stereocenters. The van der Waals surface area contributed by atoms with Crippen molar-refractivity contribution in [2.75, 3.05) is 36.8 Å². The van der Waals surface area contributed by atoms with Crippen molar-refractivity contribution < 1.29 is 14.2 Å². The summed E-state index contributed by atoms with van der Waals surface area (Å²) >= 11 is 0. The van der Waals surface area contributed by atoms with Gasteiger partial charge in [-0.25, -0.2) is 9.37 Å². The van der Waals surface area contributed by atoms with Crippen molar-refractivity contribution in [1.29, 1.82) is 0 Å². The van der Waals surface area contributed by atoms with Gasteiger partial charge in [-0.05, 0) is 30.3 Å². The van der Waals surface area contributed by atoms with E-state index in [9.17, 15) is 9.50 Å². The Morgan fingerprint density at radius 2 is 1.94 bits per heavy atom. The summed E-state index contributed by atoms with van der Waals surface area (Å²) in [6.45, 7) is 3.89. The van der Waals surface area contributed by atoms with Crippen molar-refractivity contribution in [3.05, 3.63) is 72.0 Å². The Hall–Kier alpha value is -3.85. The Kier molecular flexibility index (Phi) is 5.47. The molecule has 3 heterocycles. The van der Waals surface area contributed by atoms with Gasteiger partial charge in [-0.2, -0.15) is 4.98 Å². The summed E-state index contributed by atoms with van der Waals surface area (Å²) in [5.41, 5.74) is 2.37. The van der Waals surface area contributed by atoms with E-state index in [2.05, 4.69) is 37.0 Å². The molecule has 0 bridgehead atoms. The molecule has 8 nitrogen and oxygen atoms in total. The summed E-state index contributed by atoms with van der Waals surface area (Å²) in [5.74, 6) is 1.51. The third kappa shape index (κ3) is 4.57. The number of nitrogens with zero attached hydrogens (tertiary/aromatic N) is 3. The van der Waals surface area contributed by atoms with Crippen LogP contribution in [0.4, 0.5) is 27.5 Å². The maximum atomic E-state index is 14.2. The van der Waals surface area contributed by atoms with Crippen LogP contribution in [0.1, 0.15) is 5.56 Å². The van der Waals surface area contributed by atoms with E-state index in [0.29, 0.717) is 12.1 Å². The van der Waals surface area contributed by atoms with Gasteiger partial charge in [0.25, 0.3) is 0 Å². The summed E-state index contributed by atoms with van der Waals surface area (Å²) in [5, 5.41) is 18.9. The number of phenols is 1. The number of anilines is 4. The zero-order valence-corrected chi connectivity index (χ0v) is 17.3. The van der Waals surface area contributed by atoms with Gasteiger partial charge in [-0.3, -0.25) is 0 Å². The Morgan fingerprint density at radius 3 is 2.78 bits per heavy atom. The number of aromatic nitrogens is 2. The summed E-state index contributed by atoms with van der Waals surface area (Å²) in [6.07, 6.45) is 3.91. The third-order valence-corrected chi connectivity index (χ3v) is 5.25. The van der Waals surface area contributed by atoms with Gasteiger partial charge in [0, 0.05) is 61.8 Å². The average Bonchev–Trinajstić information content (AvgIpc) is 3.18. The fourth-order valence-electron chi connectivity index (χ4n) is 3.71. The van der Waals surface area contributed by atoms with Gasteiger partial charge in [0.05, 0.1) is 6.20 Å². The lowest BCUT2D eigenvalue weighted by atomic mass is 10.1. The number of phenolic OH excluding ortho intramolecular Hbond substituents is 1. The second-order valence-electron chi connectivity index (χ2n) is 7.67. The van der Waals surface area contributed by atoms with Crippen molar-refractivity contribution in [1.82, 2.24) is 20.2 Å². The minimum Gasteiger partial charge on any atom is -0.508 e. The first kappa shape index (κ1) is 20.1. The Balaban J connectivity index is 1.29. The summed E-state index contributed by atoms with van der Waals surface area (Å²) < 4.78 is 20.2. The first-order valence-electron chi connectivity index (χ1n) is 10.4. The van der Waals surface area contributed by atoms with E-state index in [1.165, 1.54) is 12.1 Å². The van der Waals surface area contributed by atoms with E-state index < -0.39 is 5.82 Å². The van der Waals surface area contributed by atoms with Crippen LogP contribution in [0.5, 0.6) is 11.5 Å². The minimum absolute atomic E-state index is 0.0128. The number of nitrogens with one attached hydrogen (secondary N) is 3.